The highest BCUT2D eigenvalue weighted by molar-refractivity contribution is 5.76. The summed E-state index contributed by atoms with van der Waals surface area (Å²) in [6.07, 6.45) is 17.4. The van der Waals surface area contributed by atoms with Gasteiger partial charge < -0.3 is 9.84 Å². The molecule has 0 spiro atoms. The van der Waals surface area contributed by atoms with E-state index in [4.69, 9.17) is 9.84 Å². The number of esters is 1. The van der Waals surface area contributed by atoms with Crippen molar-refractivity contribution in [1.82, 2.24) is 0 Å². The quantitative estimate of drug-likeness (QED) is 0.276. The minimum absolute atomic E-state index is 0.0414. The van der Waals surface area contributed by atoms with Gasteiger partial charge in [0.15, 0.2) is 0 Å². The molecular weight excluding hydrogens is 448 g/mol. The summed E-state index contributed by atoms with van der Waals surface area (Å²) < 4.78 is 5.68. The fraction of sp³-hybridized carbons (Fsp3) is 0.750. The molecule has 0 aromatic carbocycles. The zero-order chi connectivity index (χ0) is 26.3. The molecule has 0 radical (unpaired) electrons. The number of hydrogen-bond donors (Lipinski definition) is 1. The Hall–Kier alpha value is -1.84. The molecule has 4 aliphatic rings. The lowest BCUT2D eigenvalue weighted by Gasteiger charge is -2.55. The lowest BCUT2D eigenvalue weighted by atomic mass is 9.50. The van der Waals surface area contributed by atoms with Crippen LogP contribution < -0.4 is 0 Å². The lowest BCUT2D eigenvalue weighted by Crippen LogP contribution is -2.46. The van der Waals surface area contributed by atoms with Gasteiger partial charge in [-0.2, -0.15) is 0 Å². The van der Waals surface area contributed by atoms with Crippen molar-refractivity contribution in [1.29, 1.82) is 0 Å². The summed E-state index contributed by atoms with van der Waals surface area (Å²) in [5.74, 6) is 2.64. The van der Waals surface area contributed by atoms with Gasteiger partial charge in [0.05, 0.1) is 12.8 Å². The summed E-state index contributed by atoms with van der Waals surface area (Å²) in [6.45, 7) is 14.4. The average molecular weight is 497 g/mol. The van der Waals surface area contributed by atoms with Crippen molar-refractivity contribution in [2.75, 3.05) is 0 Å². The van der Waals surface area contributed by atoms with E-state index < -0.39 is 5.97 Å². The maximum Gasteiger partial charge on any atom is 0.306 e. The molecule has 200 valence electrons. The molecule has 0 aromatic heterocycles. The second-order valence-corrected chi connectivity index (χ2v) is 13.2. The van der Waals surface area contributed by atoms with Crippen LogP contribution in [0, 0.1) is 46.3 Å². The van der Waals surface area contributed by atoms with Gasteiger partial charge in [0.1, 0.15) is 6.10 Å². The fourth-order valence-corrected chi connectivity index (χ4v) is 8.13. The van der Waals surface area contributed by atoms with Crippen LogP contribution in [0.15, 0.2) is 35.5 Å². The Morgan fingerprint density at radius 2 is 1.75 bits per heavy atom. The van der Waals surface area contributed by atoms with Gasteiger partial charge in [-0.3, -0.25) is 9.59 Å². The van der Waals surface area contributed by atoms with Gasteiger partial charge in [-0.1, -0.05) is 77.0 Å². The van der Waals surface area contributed by atoms with Crippen molar-refractivity contribution in [3.63, 3.8) is 0 Å². The average Bonchev–Trinajstić information content (AvgIpc) is 3.18. The maximum atomic E-state index is 12.1. The fourth-order valence-electron chi connectivity index (χ4n) is 8.13. The highest BCUT2D eigenvalue weighted by Crippen LogP contribution is 2.66. The number of carboxylic acid groups (broad SMARTS) is 1. The van der Waals surface area contributed by atoms with E-state index in [1.165, 1.54) is 31.3 Å². The normalized spacial score (nSPS) is 37.4. The number of carboxylic acids is 1. The number of ether oxygens (including phenoxy) is 1. The highest BCUT2D eigenvalue weighted by Gasteiger charge is 2.57. The first-order valence-corrected chi connectivity index (χ1v) is 14.5. The molecule has 4 nitrogen and oxygen atoms in total. The van der Waals surface area contributed by atoms with Crippen LogP contribution in [0.25, 0.3) is 0 Å². The third kappa shape index (κ3) is 5.11. The van der Waals surface area contributed by atoms with Gasteiger partial charge in [-0.15, -0.1) is 0 Å². The zero-order valence-corrected chi connectivity index (χ0v) is 23.4. The van der Waals surface area contributed by atoms with Crippen LogP contribution in [0.5, 0.6) is 0 Å². The van der Waals surface area contributed by atoms with Gasteiger partial charge in [0, 0.05) is 6.42 Å². The molecule has 0 heterocycles. The third-order valence-corrected chi connectivity index (χ3v) is 10.8. The van der Waals surface area contributed by atoms with E-state index in [0.29, 0.717) is 35.0 Å². The van der Waals surface area contributed by atoms with E-state index >= 15 is 0 Å². The number of allylic oxidation sites excluding steroid dienone is 5. The van der Waals surface area contributed by atoms with E-state index in [2.05, 4.69) is 65.8 Å². The Labute approximate surface area is 218 Å². The number of fused-ring (bicyclic) bond motifs is 5. The van der Waals surface area contributed by atoms with Gasteiger partial charge in [0.25, 0.3) is 0 Å². The van der Waals surface area contributed by atoms with Crippen LogP contribution in [-0.4, -0.2) is 23.1 Å². The van der Waals surface area contributed by atoms with Crippen LogP contribution in [0.2, 0.25) is 0 Å². The van der Waals surface area contributed by atoms with Crippen LogP contribution in [0.4, 0.5) is 0 Å². The molecular formula is C32H48O4. The number of carbonyl (C=O) groups excluding carboxylic acids is 1. The molecule has 4 heteroatoms. The Morgan fingerprint density at radius 1 is 1.00 bits per heavy atom. The molecule has 0 saturated heterocycles. The molecule has 1 N–H and O–H groups in total. The highest BCUT2D eigenvalue weighted by atomic mass is 16.5. The topological polar surface area (TPSA) is 63.6 Å². The second kappa shape index (κ2) is 10.5. The monoisotopic (exact) mass is 496 g/mol. The minimum atomic E-state index is -0.954. The van der Waals surface area contributed by atoms with Gasteiger partial charge in [-0.05, 0) is 84.9 Å². The van der Waals surface area contributed by atoms with Gasteiger partial charge in [0.2, 0.25) is 0 Å². The Bertz CT molecular complexity index is 942. The number of rotatable bonds is 8. The first-order chi connectivity index (χ1) is 17.0. The minimum Gasteiger partial charge on any atom is -0.481 e. The number of aliphatic carboxylic acids is 1. The number of carbonyl (C=O) groups is 2. The van der Waals surface area contributed by atoms with E-state index in [1.807, 2.05) is 0 Å². The van der Waals surface area contributed by atoms with Crippen molar-refractivity contribution in [3.05, 3.63) is 35.5 Å². The predicted molar refractivity (Wildman–Crippen MR) is 144 cm³/mol. The first-order valence-electron chi connectivity index (χ1n) is 14.5. The van der Waals surface area contributed by atoms with E-state index in [0.717, 1.165) is 25.2 Å². The molecule has 4 rings (SSSR count). The first kappa shape index (κ1) is 27.2. The van der Waals surface area contributed by atoms with Crippen LogP contribution in [-0.2, 0) is 14.3 Å². The SMILES string of the molecule is CC(C)C(C)/C=C/C(C)C1CCC2C3=CC=C4CC(OC(=O)CCC(=O)O)CCC4(C)C3CCC21C. The van der Waals surface area contributed by atoms with Gasteiger partial charge >= 0.3 is 11.9 Å². The summed E-state index contributed by atoms with van der Waals surface area (Å²) in [4.78, 5) is 22.9. The molecule has 0 aliphatic heterocycles. The summed E-state index contributed by atoms with van der Waals surface area (Å²) in [5, 5.41) is 8.84. The molecule has 36 heavy (non-hydrogen) atoms. The van der Waals surface area contributed by atoms with Crippen LogP contribution in [0.3, 0.4) is 0 Å². The second-order valence-electron chi connectivity index (χ2n) is 13.2. The Morgan fingerprint density at radius 3 is 2.44 bits per heavy atom. The predicted octanol–water partition coefficient (Wildman–Crippen LogP) is 7.75. The third-order valence-electron chi connectivity index (χ3n) is 10.8. The van der Waals surface area contributed by atoms with Crippen LogP contribution in [0.1, 0.15) is 99.3 Å². The standard InChI is InChI=1S/C32H48O4/c1-20(2)21(3)7-8-22(4)26-11-12-27-25-10-9-23-19-24(36-30(35)14-13-29(33)34)15-17-31(23,5)28(25)16-18-32(26,27)6/h7-10,20-22,24,26-28H,11-19H2,1-6H3,(H,33,34)/b8-7+. The molecule has 3 fully saturated rings. The molecule has 4 aliphatic carbocycles. The van der Waals surface area contributed by atoms with E-state index in [-0.39, 0.29) is 30.3 Å². The summed E-state index contributed by atoms with van der Waals surface area (Å²) in [5.41, 5.74) is 3.66. The van der Waals surface area contributed by atoms with Gasteiger partial charge in [-0.25, -0.2) is 0 Å². The molecule has 8 unspecified atom stereocenters. The van der Waals surface area contributed by atoms with Crippen molar-refractivity contribution in [3.8, 4) is 0 Å². The van der Waals surface area contributed by atoms with Crippen molar-refractivity contribution in [2.24, 2.45) is 46.3 Å². The summed E-state index contributed by atoms with van der Waals surface area (Å²) in [7, 11) is 0. The summed E-state index contributed by atoms with van der Waals surface area (Å²) >= 11 is 0. The van der Waals surface area contributed by atoms with Crippen molar-refractivity contribution >= 4 is 11.9 Å². The summed E-state index contributed by atoms with van der Waals surface area (Å²) in [6, 6.07) is 0. The lowest BCUT2D eigenvalue weighted by molar-refractivity contribution is -0.153. The van der Waals surface area contributed by atoms with Crippen molar-refractivity contribution in [2.45, 2.75) is 105 Å². The molecule has 0 amide bonds. The smallest absolute Gasteiger partial charge is 0.306 e. The van der Waals surface area contributed by atoms with Crippen LogP contribution >= 0.6 is 0 Å². The molecule has 0 aromatic rings. The van der Waals surface area contributed by atoms with E-state index in [9.17, 15) is 9.59 Å². The zero-order valence-electron chi connectivity index (χ0n) is 23.4. The molecule has 0 bridgehead atoms. The molecule has 3 saturated carbocycles. The number of hydrogen-bond acceptors (Lipinski definition) is 3. The maximum absolute atomic E-state index is 12.1. The van der Waals surface area contributed by atoms with E-state index in [1.54, 1.807) is 5.57 Å². The molecule has 8 atom stereocenters. The largest absolute Gasteiger partial charge is 0.481 e. The Balaban J connectivity index is 1.47. The van der Waals surface area contributed by atoms with Crippen molar-refractivity contribution < 1.29 is 19.4 Å². The Kier molecular flexibility index (Phi) is 7.93.